The molecule has 0 spiro atoms. The van der Waals surface area contributed by atoms with Crippen molar-refractivity contribution in [2.45, 2.75) is 19.8 Å². The Morgan fingerprint density at radius 3 is 2.35 bits per heavy atom. The van der Waals surface area contributed by atoms with Crippen LogP contribution >= 0.6 is 0 Å². The van der Waals surface area contributed by atoms with Gasteiger partial charge in [-0.2, -0.15) is 0 Å². The first-order valence-electron chi connectivity index (χ1n) is 7.96. The first kappa shape index (κ1) is 16.2. The molecule has 2 aromatic carbocycles. The van der Waals surface area contributed by atoms with Crippen molar-refractivity contribution in [3.8, 4) is 11.1 Å². The van der Waals surface area contributed by atoms with Crippen molar-refractivity contribution >= 4 is 12.6 Å². The Hall–Kier alpha value is -1.72. The van der Waals surface area contributed by atoms with Gasteiger partial charge in [-0.05, 0) is 35.6 Å². The minimum Gasteiger partial charge on any atom is -0.407 e. The molecule has 0 unspecified atom stereocenters. The van der Waals surface area contributed by atoms with Crippen LogP contribution in [0.4, 0.5) is 8.78 Å². The fraction of sp³-hybridized carbons (Fsp3) is 0.333. The lowest BCUT2D eigenvalue weighted by molar-refractivity contribution is 0.0821. The van der Waals surface area contributed by atoms with Gasteiger partial charge in [0, 0.05) is 24.7 Å². The summed E-state index contributed by atoms with van der Waals surface area (Å²) in [6.45, 7) is 3.41. The molecule has 5 heteroatoms. The van der Waals surface area contributed by atoms with Crippen LogP contribution in [-0.4, -0.2) is 20.3 Å². The van der Waals surface area contributed by atoms with E-state index in [4.69, 9.17) is 9.31 Å². The normalized spacial score (nSPS) is 15.9. The van der Waals surface area contributed by atoms with E-state index in [1.165, 1.54) is 18.2 Å². The Morgan fingerprint density at radius 2 is 1.74 bits per heavy atom. The van der Waals surface area contributed by atoms with Gasteiger partial charge in [0.2, 0.25) is 0 Å². The maximum Gasteiger partial charge on any atom is 0.493 e. The van der Waals surface area contributed by atoms with Crippen molar-refractivity contribution < 1.29 is 18.1 Å². The zero-order chi connectivity index (χ0) is 16.2. The molecule has 120 valence electrons. The molecule has 23 heavy (non-hydrogen) atoms. The van der Waals surface area contributed by atoms with Gasteiger partial charge < -0.3 is 9.31 Å². The van der Waals surface area contributed by atoms with Gasteiger partial charge in [-0.3, -0.25) is 0 Å². The number of halogens is 2. The highest BCUT2D eigenvalue weighted by molar-refractivity contribution is 6.61. The monoisotopic (exact) mass is 316 g/mol. The summed E-state index contributed by atoms with van der Waals surface area (Å²) in [6.07, 6.45) is 2.17. The second kappa shape index (κ2) is 7.24. The van der Waals surface area contributed by atoms with Crippen LogP contribution in [-0.2, 0) is 9.31 Å². The quantitative estimate of drug-likeness (QED) is 0.799. The third kappa shape index (κ3) is 3.79. The van der Waals surface area contributed by atoms with Gasteiger partial charge in [0.1, 0.15) is 11.6 Å². The fourth-order valence-corrected chi connectivity index (χ4v) is 2.85. The molecule has 0 bridgehead atoms. The van der Waals surface area contributed by atoms with E-state index in [-0.39, 0.29) is 11.6 Å². The molecule has 0 N–H and O–H groups in total. The van der Waals surface area contributed by atoms with Gasteiger partial charge in [0.15, 0.2) is 0 Å². The molecular weight excluding hydrogens is 297 g/mol. The third-order valence-electron chi connectivity index (χ3n) is 4.08. The predicted molar refractivity (Wildman–Crippen MR) is 87.5 cm³/mol. The van der Waals surface area contributed by atoms with E-state index in [2.05, 4.69) is 6.92 Å². The molecule has 0 aliphatic carbocycles. The molecule has 0 saturated carbocycles. The van der Waals surface area contributed by atoms with Crippen LogP contribution in [0.3, 0.4) is 0 Å². The van der Waals surface area contributed by atoms with Crippen molar-refractivity contribution in [1.29, 1.82) is 0 Å². The fourth-order valence-electron chi connectivity index (χ4n) is 2.85. The number of hydrogen-bond acceptors (Lipinski definition) is 2. The highest BCUT2D eigenvalue weighted by Crippen LogP contribution is 2.23. The molecule has 1 fully saturated rings. The molecule has 3 rings (SSSR count). The van der Waals surface area contributed by atoms with E-state index in [9.17, 15) is 8.78 Å². The second-order valence-electron chi connectivity index (χ2n) is 5.90. The summed E-state index contributed by atoms with van der Waals surface area (Å²) >= 11 is 0. The average Bonchev–Trinajstić information content (AvgIpc) is 2.57. The van der Waals surface area contributed by atoms with Crippen LogP contribution in [0, 0.1) is 17.6 Å². The van der Waals surface area contributed by atoms with Crippen LogP contribution < -0.4 is 5.46 Å². The minimum atomic E-state index is -0.514. The first-order valence-corrected chi connectivity index (χ1v) is 7.96. The highest BCUT2D eigenvalue weighted by Gasteiger charge is 2.29. The summed E-state index contributed by atoms with van der Waals surface area (Å²) in [7, 11) is -0.514. The zero-order valence-electron chi connectivity index (χ0n) is 13.1. The molecule has 0 aromatic heterocycles. The summed E-state index contributed by atoms with van der Waals surface area (Å²) in [5, 5.41) is 0. The topological polar surface area (TPSA) is 18.5 Å². The predicted octanol–water partition coefficient (Wildman–Crippen LogP) is 3.79. The van der Waals surface area contributed by atoms with E-state index < -0.39 is 7.12 Å². The van der Waals surface area contributed by atoms with Gasteiger partial charge >= 0.3 is 7.12 Å². The third-order valence-corrected chi connectivity index (χ3v) is 4.08. The largest absolute Gasteiger partial charge is 0.493 e. The van der Waals surface area contributed by atoms with Crippen molar-refractivity contribution in [2.24, 2.45) is 5.92 Å². The van der Waals surface area contributed by atoms with E-state index >= 15 is 0 Å². The standard InChI is InChI=1S/C18H19BF2O2/c1-2-3-13-11-22-19(23-12-13)15-6-9-17(18(21)10-15)14-4-7-16(20)8-5-14/h4-10,13H,2-3,11-12H2,1H3. The lowest BCUT2D eigenvalue weighted by atomic mass is 9.76. The Labute approximate surface area is 135 Å². The Morgan fingerprint density at radius 1 is 1.04 bits per heavy atom. The maximum absolute atomic E-state index is 14.4. The highest BCUT2D eigenvalue weighted by atomic mass is 19.1. The lowest BCUT2D eigenvalue weighted by Gasteiger charge is -2.27. The zero-order valence-corrected chi connectivity index (χ0v) is 13.1. The van der Waals surface area contributed by atoms with Gasteiger partial charge in [0.25, 0.3) is 0 Å². The lowest BCUT2D eigenvalue weighted by Crippen LogP contribution is -2.44. The summed E-state index contributed by atoms with van der Waals surface area (Å²) < 4.78 is 38.8. The average molecular weight is 316 g/mol. The number of hydrogen-bond donors (Lipinski definition) is 0. The first-order chi connectivity index (χ1) is 11.2. The molecule has 1 heterocycles. The van der Waals surface area contributed by atoms with E-state index in [1.54, 1.807) is 24.3 Å². The maximum atomic E-state index is 14.4. The van der Waals surface area contributed by atoms with E-state index in [0.29, 0.717) is 35.7 Å². The second-order valence-corrected chi connectivity index (χ2v) is 5.90. The van der Waals surface area contributed by atoms with Crippen LogP contribution in [0.1, 0.15) is 19.8 Å². The number of rotatable bonds is 4. The molecule has 1 aliphatic rings. The number of benzene rings is 2. The summed E-state index contributed by atoms with van der Waals surface area (Å²) in [6, 6.07) is 10.7. The molecule has 1 saturated heterocycles. The Balaban J connectivity index is 1.74. The Bertz CT molecular complexity index is 653. The SMILES string of the molecule is CCCC1COB(c2ccc(-c3ccc(F)cc3)c(F)c2)OC1. The molecule has 0 amide bonds. The van der Waals surface area contributed by atoms with Gasteiger partial charge in [-0.1, -0.05) is 37.6 Å². The van der Waals surface area contributed by atoms with Gasteiger partial charge in [0.05, 0.1) is 0 Å². The van der Waals surface area contributed by atoms with E-state index in [1.807, 2.05) is 0 Å². The molecule has 0 radical (unpaired) electrons. The molecule has 2 aromatic rings. The van der Waals surface area contributed by atoms with Gasteiger partial charge in [-0.25, -0.2) is 8.78 Å². The van der Waals surface area contributed by atoms with Crippen molar-refractivity contribution in [2.75, 3.05) is 13.2 Å². The van der Waals surface area contributed by atoms with Gasteiger partial charge in [-0.15, -0.1) is 0 Å². The van der Waals surface area contributed by atoms with Crippen LogP contribution in [0.25, 0.3) is 11.1 Å². The van der Waals surface area contributed by atoms with Crippen LogP contribution in [0.5, 0.6) is 0 Å². The smallest absolute Gasteiger partial charge is 0.407 e. The van der Waals surface area contributed by atoms with Crippen LogP contribution in [0.2, 0.25) is 0 Å². The Kier molecular flexibility index (Phi) is 5.08. The molecule has 1 aliphatic heterocycles. The van der Waals surface area contributed by atoms with Crippen LogP contribution in [0.15, 0.2) is 42.5 Å². The summed E-state index contributed by atoms with van der Waals surface area (Å²) in [5.41, 5.74) is 1.75. The van der Waals surface area contributed by atoms with Crippen molar-refractivity contribution in [3.63, 3.8) is 0 Å². The van der Waals surface area contributed by atoms with E-state index in [0.717, 1.165) is 12.8 Å². The summed E-state index contributed by atoms with van der Waals surface area (Å²) in [5.74, 6) is -0.284. The van der Waals surface area contributed by atoms with Crippen molar-refractivity contribution in [3.05, 3.63) is 54.1 Å². The molecular formula is C18H19BF2O2. The van der Waals surface area contributed by atoms with Crippen molar-refractivity contribution in [1.82, 2.24) is 0 Å². The molecule has 0 atom stereocenters. The summed E-state index contributed by atoms with van der Waals surface area (Å²) in [4.78, 5) is 0. The minimum absolute atomic E-state index is 0.337. The molecule has 2 nitrogen and oxygen atoms in total.